The predicted octanol–water partition coefficient (Wildman–Crippen LogP) is 1.10. The Morgan fingerprint density at radius 3 is 2.56 bits per heavy atom. The van der Waals surface area contributed by atoms with Crippen LogP contribution in [0.3, 0.4) is 0 Å². The zero-order valence-corrected chi connectivity index (χ0v) is 11.0. The van der Waals surface area contributed by atoms with Crippen LogP contribution in [0.5, 0.6) is 0 Å². The fourth-order valence-corrected chi connectivity index (χ4v) is 2.62. The van der Waals surface area contributed by atoms with Gasteiger partial charge in [-0.1, -0.05) is 19.8 Å². The molecule has 1 fully saturated rings. The molecule has 1 rings (SSSR count). The lowest BCUT2D eigenvalue weighted by atomic mass is 10.2. The molecule has 4 nitrogen and oxygen atoms in total. The van der Waals surface area contributed by atoms with Crippen LogP contribution in [-0.2, 0) is 10.0 Å². The highest BCUT2D eigenvalue weighted by Crippen LogP contribution is 2.33. The van der Waals surface area contributed by atoms with Crippen molar-refractivity contribution in [3.05, 3.63) is 0 Å². The summed E-state index contributed by atoms with van der Waals surface area (Å²) in [4.78, 5) is 0. The molecule has 96 valence electrons. The number of sulfonamides is 1. The minimum absolute atomic E-state index is 0.191. The van der Waals surface area contributed by atoms with Gasteiger partial charge in [0.15, 0.2) is 0 Å². The Kier molecular flexibility index (Phi) is 6.31. The third-order valence-electron chi connectivity index (χ3n) is 2.78. The average molecular weight is 248 g/mol. The van der Waals surface area contributed by atoms with E-state index < -0.39 is 10.0 Å². The fourth-order valence-electron chi connectivity index (χ4n) is 1.61. The second-order valence-corrected chi connectivity index (χ2v) is 6.48. The molecular weight excluding hydrogens is 224 g/mol. The zero-order chi connectivity index (χ0) is 11.9. The van der Waals surface area contributed by atoms with Crippen molar-refractivity contribution >= 4 is 10.0 Å². The van der Waals surface area contributed by atoms with Crippen molar-refractivity contribution in [1.29, 1.82) is 0 Å². The molecule has 0 amide bonds. The summed E-state index contributed by atoms with van der Waals surface area (Å²) in [6, 6.07) is 0. The third-order valence-corrected chi connectivity index (χ3v) is 4.17. The molecule has 0 atom stereocenters. The monoisotopic (exact) mass is 248 g/mol. The maximum atomic E-state index is 11.5. The molecule has 0 unspecified atom stereocenters. The minimum atomic E-state index is -3.05. The van der Waals surface area contributed by atoms with Gasteiger partial charge >= 0.3 is 0 Å². The molecule has 0 aromatic carbocycles. The number of hydrogen-bond acceptors (Lipinski definition) is 3. The molecule has 0 saturated heterocycles. The lowest BCUT2D eigenvalue weighted by Gasteiger charge is -2.07. The van der Waals surface area contributed by atoms with E-state index in [1.54, 1.807) is 0 Å². The molecule has 2 N–H and O–H groups in total. The Hall–Kier alpha value is -0.130. The van der Waals surface area contributed by atoms with E-state index in [4.69, 9.17) is 0 Å². The maximum absolute atomic E-state index is 11.5. The molecule has 5 heteroatoms. The first-order valence-electron chi connectivity index (χ1n) is 6.32. The van der Waals surface area contributed by atoms with Gasteiger partial charge in [-0.15, -0.1) is 0 Å². The van der Waals surface area contributed by atoms with Crippen LogP contribution in [0.4, 0.5) is 0 Å². The SMILES string of the molecule is CCCNCCS(=O)(=O)NCCCC1CC1. The second-order valence-electron chi connectivity index (χ2n) is 4.55. The largest absolute Gasteiger partial charge is 0.316 e. The van der Waals surface area contributed by atoms with E-state index in [-0.39, 0.29) is 5.75 Å². The Morgan fingerprint density at radius 1 is 1.19 bits per heavy atom. The quantitative estimate of drug-likeness (QED) is 0.569. The third kappa shape index (κ3) is 7.19. The van der Waals surface area contributed by atoms with E-state index in [0.29, 0.717) is 13.1 Å². The molecule has 0 radical (unpaired) electrons. The zero-order valence-electron chi connectivity index (χ0n) is 10.2. The van der Waals surface area contributed by atoms with Crippen molar-refractivity contribution in [3.63, 3.8) is 0 Å². The first kappa shape index (κ1) is 13.9. The van der Waals surface area contributed by atoms with E-state index in [2.05, 4.69) is 17.0 Å². The minimum Gasteiger partial charge on any atom is -0.316 e. The number of nitrogens with one attached hydrogen (secondary N) is 2. The molecule has 1 aliphatic carbocycles. The van der Waals surface area contributed by atoms with Gasteiger partial charge in [-0.3, -0.25) is 0 Å². The van der Waals surface area contributed by atoms with Crippen LogP contribution >= 0.6 is 0 Å². The van der Waals surface area contributed by atoms with Gasteiger partial charge < -0.3 is 5.32 Å². The Bertz CT molecular complexity index is 274. The lowest BCUT2D eigenvalue weighted by molar-refractivity contribution is 0.568. The number of rotatable bonds is 10. The smallest absolute Gasteiger partial charge is 0.212 e. The molecule has 0 bridgehead atoms. The summed E-state index contributed by atoms with van der Waals surface area (Å²) in [5, 5.41) is 3.09. The van der Waals surface area contributed by atoms with Crippen molar-refractivity contribution in [1.82, 2.24) is 10.0 Å². The van der Waals surface area contributed by atoms with Gasteiger partial charge in [0.25, 0.3) is 0 Å². The van der Waals surface area contributed by atoms with Gasteiger partial charge in [-0.05, 0) is 31.7 Å². The van der Waals surface area contributed by atoms with E-state index in [9.17, 15) is 8.42 Å². The van der Waals surface area contributed by atoms with Gasteiger partial charge in [0.1, 0.15) is 0 Å². The molecule has 0 aromatic heterocycles. The van der Waals surface area contributed by atoms with Crippen molar-refractivity contribution in [2.24, 2.45) is 5.92 Å². The van der Waals surface area contributed by atoms with Gasteiger partial charge in [0.05, 0.1) is 5.75 Å². The van der Waals surface area contributed by atoms with Crippen molar-refractivity contribution in [2.45, 2.75) is 39.0 Å². The van der Waals surface area contributed by atoms with E-state index in [0.717, 1.165) is 25.3 Å². The Morgan fingerprint density at radius 2 is 1.94 bits per heavy atom. The predicted molar refractivity (Wildman–Crippen MR) is 66.9 cm³/mol. The number of hydrogen-bond donors (Lipinski definition) is 2. The van der Waals surface area contributed by atoms with Gasteiger partial charge in [-0.25, -0.2) is 13.1 Å². The highest BCUT2D eigenvalue weighted by molar-refractivity contribution is 7.89. The maximum Gasteiger partial charge on any atom is 0.212 e. The van der Waals surface area contributed by atoms with Crippen LogP contribution in [0.15, 0.2) is 0 Å². The summed E-state index contributed by atoms with van der Waals surface area (Å²) >= 11 is 0. The summed E-state index contributed by atoms with van der Waals surface area (Å²) in [6.07, 6.45) is 5.87. The van der Waals surface area contributed by atoms with Crippen LogP contribution in [0, 0.1) is 5.92 Å². The van der Waals surface area contributed by atoms with Gasteiger partial charge in [-0.2, -0.15) is 0 Å². The molecular formula is C11H24N2O2S. The summed E-state index contributed by atoms with van der Waals surface area (Å²) in [5.74, 6) is 1.08. The van der Waals surface area contributed by atoms with Crippen LogP contribution in [-0.4, -0.2) is 33.8 Å². The summed E-state index contributed by atoms with van der Waals surface area (Å²) in [7, 11) is -3.05. The Labute approximate surface area is 99.2 Å². The van der Waals surface area contributed by atoms with Crippen LogP contribution in [0.2, 0.25) is 0 Å². The van der Waals surface area contributed by atoms with Crippen molar-refractivity contribution < 1.29 is 8.42 Å². The molecule has 0 spiro atoms. The van der Waals surface area contributed by atoms with Gasteiger partial charge in [0.2, 0.25) is 10.0 Å². The standard InChI is InChI=1S/C11H24N2O2S/c1-2-7-12-9-10-16(14,15)13-8-3-4-11-5-6-11/h11-13H,2-10H2,1H3. The van der Waals surface area contributed by atoms with Crippen molar-refractivity contribution in [3.8, 4) is 0 Å². The fraction of sp³-hybridized carbons (Fsp3) is 1.00. The van der Waals surface area contributed by atoms with E-state index >= 15 is 0 Å². The average Bonchev–Trinajstić information content (AvgIpc) is 3.04. The molecule has 16 heavy (non-hydrogen) atoms. The molecule has 0 heterocycles. The normalized spacial score (nSPS) is 16.6. The lowest BCUT2D eigenvalue weighted by Crippen LogP contribution is -2.32. The van der Waals surface area contributed by atoms with E-state index in [1.807, 2.05) is 0 Å². The molecule has 1 saturated carbocycles. The van der Waals surface area contributed by atoms with Crippen LogP contribution in [0.25, 0.3) is 0 Å². The molecule has 0 aromatic rings. The summed E-state index contributed by atoms with van der Waals surface area (Å²) < 4.78 is 25.7. The Balaban J connectivity index is 1.98. The first-order chi connectivity index (χ1) is 7.64. The van der Waals surface area contributed by atoms with Gasteiger partial charge in [0, 0.05) is 13.1 Å². The van der Waals surface area contributed by atoms with E-state index in [1.165, 1.54) is 19.3 Å². The molecule has 1 aliphatic rings. The highest BCUT2D eigenvalue weighted by atomic mass is 32.2. The highest BCUT2D eigenvalue weighted by Gasteiger charge is 2.20. The summed E-state index contributed by atoms with van der Waals surface area (Å²) in [6.45, 7) is 4.10. The summed E-state index contributed by atoms with van der Waals surface area (Å²) in [5.41, 5.74) is 0. The second kappa shape index (κ2) is 7.25. The van der Waals surface area contributed by atoms with Crippen LogP contribution in [0.1, 0.15) is 39.0 Å². The topological polar surface area (TPSA) is 58.2 Å². The first-order valence-corrected chi connectivity index (χ1v) is 7.97. The van der Waals surface area contributed by atoms with Crippen molar-refractivity contribution in [2.75, 3.05) is 25.4 Å². The van der Waals surface area contributed by atoms with Crippen LogP contribution < -0.4 is 10.0 Å². The molecule has 0 aliphatic heterocycles.